The summed E-state index contributed by atoms with van der Waals surface area (Å²) in [5.74, 6) is -0.994. The molecule has 2 aromatic carbocycles. The molecule has 0 aliphatic rings. The number of carbonyl (C=O) groups is 1. The van der Waals surface area contributed by atoms with Crippen molar-refractivity contribution in [3.8, 4) is 0 Å². The second-order valence-corrected chi connectivity index (χ2v) is 5.90. The second-order valence-electron chi connectivity index (χ2n) is 5.47. The molecule has 0 aromatic heterocycles. The molecule has 0 amide bonds. The topological polar surface area (TPSA) is 17.1 Å². The van der Waals surface area contributed by atoms with Crippen molar-refractivity contribution in [2.45, 2.75) is 25.7 Å². The molecule has 1 nitrogen and oxygen atoms in total. The van der Waals surface area contributed by atoms with E-state index in [1.54, 1.807) is 32.0 Å². The maximum Gasteiger partial charge on any atom is 0.147 e. The third kappa shape index (κ3) is 3.48. The minimum Gasteiger partial charge on any atom is -0.298 e. The van der Waals surface area contributed by atoms with Gasteiger partial charge in [-0.15, -0.1) is 0 Å². The molecule has 2 rings (SSSR count). The molecular formula is C17H15ClF2O. The molecule has 0 heterocycles. The van der Waals surface area contributed by atoms with Crippen molar-refractivity contribution in [1.29, 1.82) is 0 Å². The Labute approximate surface area is 127 Å². The molecule has 110 valence electrons. The van der Waals surface area contributed by atoms with Gasteiger partial charge in [-0.3, -0.25) is 4.79 Å². The van der Waals surface area contributed by atoms with Gasteiger partial charge in [-0.05, 0) is 49.2 Å². The van der Waals surface area contributed by atoms with Gasteiger partial charge in [-0.25, -0.2) is 8.78 Å². The summed E-state index contributed by atoms with van der Waals surface area (Å²) in [7, 11) is 0. The van der Waals surface area contributed by atoms with Gasteiger partial charge in [0.25, 0.3) is 0 Å². The summed E-state index contributed by atoms with van der Waals surface area (Å²) < 4.78 is 26.7. The largest absolute Gasteiger partial charge is 0.298 e. The number of hydrogen-bond acceptors (Lipinski definition) is 1. The molecule has 0 N–H and O–H groups in total. The lowest BCUT2D eigenvalue weighted by Crippen LogP contribution is -2.30. The van der Waals surface area contributed by atoms with Gasteiger partial charge in [-0.1, -0.05) is 29.8 Å². The molecule has 21 heavy (non-hydrogen) atoms. The molecule has 0 aliphatic heterocycles. The molecule has 0 aliphatic carbocycles. The lowest BCUT2D eigenvalue weighted by molar-refractivity contribution is -0.122. The maximum absolute atomic E-state index is 13.8. The zero-order valence-corrected chi connectivity index (χ0v) is 12.5. The van der Waals surface area contributed by atoms with E-state index < -0.39 is 11.2 Å². The van der Waals surface area contributed by atoms with Crippen molar-refractivity contribution in [2.24, 2.45) is 0 Å². The third-order valence-corrected chi connectivity index (χ3v) is 3.86. The smallest absolute Gasteiger partial charge is 0.147 e. The fraction of sp³-hybridized carbons (Fsp3) is 0.235. The summed E-state index contributed by atoms with van der Waals surface area (Å²) in [6.07, 6.45) is -0.0343. The van der Waals surface area contributed by atoms with E-state index >= 15 is 0 Å². The van der Waals surface area contributed by atoms with Crippen molar-refractivity contribution >= 4 is 17.4 Å². The second kappa shape index (κ2) is 5.94. The van der Waals surface area contributed by atoms with E-state index in [4.69, 9.17) is 11.6 Å². The number of hydrogen-bond donors (Lipinski definition) is 0. The first-order valence-corrected chi connectivity index (χ1v) is 6.92. The van der Waals surface area contributed by atoms with E-state index in [2.05, 4.69) is 0 Å². The van der Waals surface area contributed by atoms with Crippen LogP contribution in [-0.2, 0) is 16.6 Å². The minimum atomic E-state index is -0.820. The number of Topliss-reactive ketones (excluding diaryl/α,β-unsaturated/α-hetero) is 1. The Morgan fingerprint density at radius 3 is 2.29 bits per heavy atom. The first-order chi connectivity index (χ1) is 9.80. The molecule has 0 unspecified atom stereocenters. The molecule has 0 saturated heterocycles. The fourth-order valence-corrected chi connectivity index (χ4v) is 2.25. The van der Waals surface area contributed by atoms with Crippen LogP contribution in [0, 0.1) is 11.6 Å². The zero-order chi connectivity index (χ0) is 15.6. The summed E-state index contributed by atoms with van der Waals surface area (Å²) in [5, 5.41) is 0.293. The lowest BCUT2D eigenvalue weighted by atomic mass is 9.78. The van der Waals surface area contributed by atoms with Crippen molar-refractivity contribution in [3.63, 3.8) is 0 Å². The summed E-state index contributed by atoms with van der Waals surface area (Å²) in [6, 6.07) is 10.0. The molecule has 0 fully saturated rings. The number of halogens is 3. The predicted octanol–water partition coefficient (Wildman–Crippen LogP) is 4.71. The average molecular weight is 309 g/mol. The van der Waals surface area contributed by atoms with Crippen LogP contribution in [0.3, 0.4) is 0 Å². The van der Waals surface area contributed by atoms with E-state index in [0.29, 0.717) is 16.1 Å². The summed E-state index contributed by atoms with van der Waals surface area (Å²) in [4.78, 5) is 12.5. The number of ketones is 1. The van der Waals surface area contributed by atoms with Crippen molar-refractivity contribution < 1.29 is 13.6 Å². The highest BCUT2D eigenvalue weighted by Gasteiger charge is 2.30. The standard InChI is InChI=1S/C17H15ClF2O/c1-17(2,12-4-7-14(19)8-5-12)16(21)9-11-3-6-13(18)10-15(11)20/h3-8,10H,9H2,1-2H3. The third-order valence-electron chi connectivity index (χ3n) is 3.63. The van der Waals surface area contributed by atoms with Crippen LogP contribution in [0.4, 0.5) is 8.78 Å². The molecule has 0 saturated carbocycles. The molecular weight excluding hydrogens is 294 g/mol. The molecule has 0 bridgehead atoms. The Morgan fingerprint density at radius 2 is 1.71 bits per heavy atom. The predicted molar refractivity (Wildman–Crippen MR) is 79.5 cm³/mol. The Kier molecular flexibility index (Phi) is 4.43. The first kappa shape index (κ1) is 15.6. The molecule has 0 spiro atoms. The van der Waals surface area contributed by atoms with Gasteiger partial charge in [-0.2, -0.15) is 0 Å². The molecule has 0 radical (unpaired) electrons. The SMILES string of the molecule is CC(C)(C(=O)Cc1ccc(Cl)cc1F)c1ccc(F)cc1. The first-order valence-electron chi connectivity index (χ1n) is 6.54. The van der Waals surface area contributed by atoms with Gasteiger partial charge in [0.05, 0.1) is 0 Å². The molecule has 0 atom stereocenters. The van der Waals surface area contributed by atoms with Gasteiger partial charge in [0.2, 0.25) is 0 Å². The van der Waals surface area contributed by atoms with Crippen LogP contribution >= 0.6 is 11.6 Å². The summed E-state index contributed by atoms with van der Waals surface area (Å²) >= 11 is 5.69. The lowest BCUT2D eigenvalue weighted by Gasteiger charge is -2.24. The maximum atomic E-state index is 13.8. The number of rotatable bonds is 4. The van der Waals surface area contributed by atoms with Crippen molar-refractivity contribution in [2.75, 3.05) is 0 Å². The van der Waals surface area contributed by atoms with Gasteiger partial charge in [0, 0.05) is 16.9 Å². The van der Waals surface area contributed by atoms with Gasteiger partial charge in [0.1, 0.15) is 17.4 Å². The minimum absolute atomic E-state index is 0.0343. The van der Waals surface area contributed by atoms with Gasteiger partial charge >= 0.3 is 0 Å². The van der Waals surface area contributed by atoms with Crippen LogP contribution in [-0.4, -0.2) is 5.78 Å². The van der Waals surface area contributed by atoms with Crippen LogP contribution < -0.4 is 0 Å². The quantitative estimate of drug-likeness (QED) is 0.799. The Bertz CT molecular complexity index is 663. The zero-order valence-electron chi connectivity index (χ0n) is 11.8. The van der Waals surface area contributed by atoms with E-state index in [9.17, 15) is 13.6 Å². The van der Waals surface area contributed by atoms with Crippen molar-refractivity contribution in [3.05, 3.63) is 70.2 Å². The van der Waals surface area contributed by atoms with Crippen LogP contribution in [0.15, 0.2) is 42.5 Å². The Hall–Kier alpha value is -1.74. The highest BCUT2D eigenvalue weighted by molar-refractivity contribution is 6.30. The number of carbonyl (C=O) groups excluding carboxylic acids is 1. The van der Waals surface area contributed by atoms with Crippen molar-refractivity contribution in [1.82, 2.24) is 0 Å². The van der Waals surface area contributed by atoms with E-state index in [0.717, 1.165) is 0 Å². The normalized spacial score (nSPS) is 11.5. The highest BCUT2D eigenvalue weighted by Crippen LogP contribution is 2.27. The van der Waals surface area contributed by atoms with Crippen LogP contribution in [0.25, 0.3) is 0 Å². The van der Waals surface area contributed by atoms with Gasteiger partial charge < -0.3 is 0 Å². The van der Waals surface area contributed by atoms with Gasteiger partial charge in [0.15, 0.2) is 0 Å². The monoisotopic (exact) mass is 308 g/mol. The number of benzene rings is 2. The Morgan fingerprint density at radius 1 is 1.10 bits per heavy atom. The van der Waals surface area contributed by atoms with Crippen LogP contribution in [0.5, 0.6) is 0 Å². The van der Waals surface area contributed by atoms with Crippen LogP contribution in [0.1, 0.15) is 25.0 Å². The summed E-state index contributed by atoms with van der Waals surface area (Å²) in [5.41, 5.74) is 0.183. The van der Waals surface area contributed by atoms with E-state index in [-0.39, 0.29) is 18.0 Å². The molecule has 4 heteroatoms. The fourth-order valence-electron chi connectivity index (χ4n) is 2.09. The highest BCUT2D eigenvalue weighted by atomic mass is 35.5. The average Bonchev–Trinajstić information content (AvgIpc) is 2.42. The van der Waals surface area contributed by atoms with Crippen LogP contribution in [0.2, 0.25) is 5.02 Å². The van der Waals surface area contributed by atoms with E-state index in [1.807, 2.05) is 0 Å². The summed E-state index contributed by atoms with van der Waals surface area (Å²) in [6.45, 7) is 3.49. The molecule has 2 aromatic rings. The Balaban J connectivity index is 2.24. The van der Waals surface area contributed by atoms with E-state index in [1.165, 1.54) is 24.3 Å².